The van der Waals surface area contributed by atoms with Crippen molar-refractivity contribution in [3.8, 4) is 5.75 Å². The van der Waals surface area contributed by atoms with Gasteiger partial charge in [-0.2, -0.15) is 0 Å². The summed E-state index contributed by atoms with van der Waals surface area (Å²) in [6, 6.07) is 7.44. The summed E-state index contributed by atoms with van der Waals surface area (Å²) in [5.41, 5.74) is 0.0566. The molecule has 0 unspecified atom stereocenters. The minimum Gasteiger partial charge on any atom is -0.491 e. The van der Waals surface area contributed by atoms with Gasteiger partial charge in [-0.05, 0) is 30.5 Å². The summed E-state index contributed by atoms with van der Waals surface area (Å²) in [6.07, 6.45) is 2.09. The van der Waals surface area contributed by atoms with Gasteiger partial charge in [0.2, 0.25) is 5.91 Å². The van der Waals surface area contributed by atoms with Crippen molar-refractivity contribution in [1.82, 2.24) is 5.32 Å². The van der Waals surface area contributed by atoms with Crippen LogP contribution in [0.5, 0.6) is 5.75 Å². The fourth-order valence-corrected chi connectivity index (χ4v) is 2.63. The Morgan fingerprint density at radius 3 is 2.70 bits per heavy atom. The molecule has 0 aromatic heterocycles. The van der Waals surface area contributed by atoms with E-state index in [9.17, 15) is 14.7 Å². The number of carbonyl (C=O) groups excluding carboxylic acids is 1. The maximum absolute atomic E-state index is 12.0. The highest BCUT2D eigenvalue weighted by Crippen LogP contribution is 2.44. The molecule has 0 aliphatic heterocycles. The van der Waals surface area contributed by atoms with E-state index in [4.69, 9.17) is 9.47 Å². The third kappa shape index (κ3) is 4.69. The van der Waals surface area contributed by atoms with Gasteiger partial charge >= 0.3 is 5.97 Å². The highest BCUT2D eigenvalue weighted by Gasteiger charge is 2.45. The van der Waals surface area contributed by atoms with Crippen molar-refractivity contribution in [1.29, 1.82) is 0 Å². The molecule has 1 amide bonds. The molecule has 1 fully saturated rings. The molecule has 0 saturated heterocycles. The van der Waals surface area contributed by atoms with E-state index in [1.165, 1.54) is 0 Å². The second kappa shape index (κ2) is 7.97. The van der Waals surface area contributed by atoms with Crippen LogP contribution in [-0.4, -0.2) is 37.3 Å². The smallest absolute Gasteiger partial charge is 0.310 e. The number of nitrogens with one attached hydrogen (secondary N) is 1. The molecule has 6 nitrogen and oxygen atoms in total. The molecule has 0 atom stereocenters. The second-order valence-electron chi connectivity index (χ2n) is 5.88. The Morgan fingerprint density at radius 1 is 1.30 bits per heavy atom. The molecule has 1 aliphatic carbocycles. The summed E-state index contributed by atoms with van der Waals surface area (Å²) in [6.45, 7) is 1.34. The quantitative estimate of drug-likeness (QED) is 0.679. The van der Waals surface area contributed by atoms with Crippen LogP contribution in [-0.2, 0) is 20.9 Å². The number of amides is 1. The zero-order valence-corrected chi connectivity index (χ0v) is 13.3. The molecule has 0 heterocycles. The molecule has 6 heteroatoms. The lowest BCUT2D eigenvalue weighted by Gasteiger charge is -2.36. The van der Waals surface area contributed by atoms with Crippen LogP contribution < -0.4 is 10.1 Å². The topological polar surface area (TPSA) is 84.9 Å². The van der Waals surface area contributed by atoms with Crippen LogP contribution in [0.1, 0.15) is 31.2 Å². The van der Waals surface area contributed by atoms with Crippen molar-refractivity contribution in [3.05, 3.63) is 29.8 Å². The molecule has 1 aromatic carbocycles. The second-order valence-corrected chi connectivity index (χ2v) is 5.88. The van der Waals surface area contributed by atoms with Gasteiger partial charge in [-0.25, -0.2) is 0 Å². The number of hydrogen-bond acceptors (Lipinski definition) is 4. The zero-order valence-electron chi connectivity index (χ0n) is 13.3. The molecule has 126 valence electrons. The van der Waals surface area contributed by atoms with Crippen LogP contribution in [0.2, 0.25) is 0 Å². The van der Waals surface area contributed by atoms with Gasteiger partial charge in [-0.1, -0.05) is 18.6 Å². The Bertz CT molecular complexity index is 554. The Morgan fingerprint density at radius 2 is 2.09 bits per heavy atom. The Kier molecular flexibility index (Phi) is 5.98. The first-order valence-electron chi connectivity index (χ1n) is 7.76. The maximum atomic E-state index is 12.0. The SMILES string of the molecule is COCCOc1cccc(CNC(=O)CC2(C(=O)O)CCC2)c1. The van der Waals surface area contributed by atoms with Crippen LogP contribution in [0, 0.1) is 5.41 Å². The number of methoxy groups -OCH3 is 1. The number of carbonyl (C=O) groups is 2. The van der Waals surface area contributed by atoms with E-state index in [1.807, 2.05) is 24.3 Å². The van der Waals surface area contributed by atoms with Gasteiger partial charge in [-0.3, -0.25) is 9.59 Å². The summed E-state index contributed by atoms with van der Waals surface area (Å²) >= 11 is 0. The molecule has 1 aliphatic rings. The average molecular weight is 321 g/mol. The maximum Gasteiger partial charge on any atom is 0.310 e. The summed E-state index contributed by atoms with van der Waals surface area (Å²) in [5.74, 6) is -0.375. The first-order valence-corrected chi connectivity index (χ1v) is 7.76. The van der Waals surface area contributed by atoms with Gasteiger partial charge in [0.05, 0.1) is 12.0 Å². The van der Waals surface area contributed by atoms with Crippen molar-refractivity contribution in [3.63, 3.8) is 0 Å². The van der Waals surface area contributed by atoms with E-state index in [1.54, 1.807) is 7.11 Å². The Labute approximate surface area is 135 Å². The van der Waals surface area contributed by atoms with E-state index in [-0.39, 0.29) is 12.3 Å². The fraction of sp³-hybridized carbons (Fsp3) is 0.529. The summed E-state index contributed by atoms with van der Waals surface area (Å²) in [5, 5.41) is 12.0. The van der Waals surface area contributed by atoms with E-state index in [2.05, 4.69) is 5.32 Å². The molecule has 2 rings (SSSR count). The number of hydrogen-bond donors (Lipinski definition) is 2. The monoisotopic (exact) mass is 321 g/mol. The van der Waals surface area contributed by atoms with Crippen LogP contribution in [0.15, 0.2) is 24.3 Å². The van der Waals surface area contributed by atoms with E-state index in [0.29, 0.717) is 32.6 Å². The van der Waals surface area contributed by atoms with E-state index >= 15 is 0 Å². The van der Waals surface area contributed by atoms with E-state index in [0.717, 1.165) is 17.7 Å². The minimum atomic E-state index is -0.868. The Hall–Kier alpha value is -2.08. The van der Waals surface area contributed by atoms with Crippen molar-refractivity contribution < 1.29 is 24.2 Å². The van der Waals surface area contributed by atoms with Gasteiger partial charge in [0.1, 0.15) is 12.4 Å². The standard InChI is InChI=1S/C17H23NO5/c1-22-8-9-23-14-5-2-4-13(10-14)12-18-15(19)11-17(16(20)21)6-3-7-17/h2,4-5,10H,3,6-9,11-12H2,1H3,(H,18,19)(H,20,21). The third-order valence-electron chi connectivity index (χ3n) is 4.21. The Balaban J connectivity index is 1.82. The fourth-order valence-electron chi connectivity index (χ4n) is 2.63. The van der Waals surface area contributed by atoms with E-state index < -0.39 is 11.4 Å². The van der Waals surface area contributed by atoms with Gasteiger partial charge in [0.15, 0.2) is 0 Å². The molecule has 23 heavy (non-hydrogen) atoms. The largest absolute Gasteiger partial charge is 0.491 e. The molecule has 0 spiro atoms. The summed E-state index contributed by atoms with van der Waals surface area (Å²) in [4.78, 5) is 23.3. The predicted molar refractivity (Wildman–Crippen MR) is 84.2 cm³/mol. The number of aliphatic carboxylic acids is 1. The van der Waals surface area contributed by atoms with Gasteiger partial charge in [0, 0.05) is 20.1 Å². The molecule has 1 aromatic rings. The lowest BCUT2D eigenvalue weighted by molar-refractivity contribution is -0.157. The molecular weight excluding hydrogens is 298 g/mol. The lowest BCUT2D eigenvalue weighted by atomic mass is 9.66. The highest BCUT2D eigenvalue weighted by molar-refractivity contribution is 5.85. The number of carboxylic acids is 1. The van der Waals surface area contributed by atoms with Crippen molar-refractivity contribution in [2.75, 3.05) is 20.3 Å². The van der Waals surface area contributed by atoms with Crippen LogP contribution in [0.25, 0.3) is 0 Å². The third-order valence-corrected chi connectivity index (χ3v) is 4.21. The van der Waals surface area contributed by atoms with Crippen LogP contribution >= 0.6 is 0 Å². The molecule has 1 saturated carbocycles. The summed E-state index contributed by atoms with van der Waals surface area (Å²) < 4.78 is 10.4. The lowest BCUT2D eigenvalue weighted by Crippen LogP contribution is -2.42. The zero-order chi connectivity index (χ0) is 16.7. The number of rotatable bonds is 9. The van der Waals surface area contributed by atoms with Gasteiger partial charge < -0.3 is 19.9 Å². The first-order chi connectivity index (χ1) is 11.1. The molecule has 2 N–H and O–H groups in total. The molecule has 0 bridgehead atoms. The normalized spacial score (nSPS) is 15.5. The predicted octanol–water partition coefficient (Wildman–Crippen LogP) is 1.97. The van der Waals surface area contributed by atoms with Crippen molar-refractivity contribution >= 4 is 11.9 Å². The van der Waals surface area contributed by atoms with Crippen LogP contribution in [0.4, 0.5) is 0 Å². The van der Waals surface area contributed by atoms with Crippen molar-refractivity contribution in [2.24, 2.45) is 5.41 Å². The number of benzene rings is 1. The van der Waals surface area contributed by atoms with Crippen LogP contribution in [0.3, 0.4) is 0 Å². The highest BCUT2D eigenvalue weighted by atomic mass is 16.5. The molecule has 0 radical (unpaired) electrons. The molecular formula is C17H23NO5. The van der Waals surface area contributed by atoms with Gasteiger partial charge in [-0.15, -0.1) is 0 Å². The van der Waals surface area contributed by atoms with Gasteiger partial charge in [0.25, 0.3) is 0 Å². The minimum absolute atomic E-state index is 0.0480. The first kappa shape index (κ1) is 17.3. The summed E-state index contributed by atoms with van der Waals surface area (Å²) in [7, 11) is 1.61. The number of carboxylic acid groups (broad SMARTS) is 1. The number of ether oxygens (including phenoxy) is 2. The van der Waals surface area contributed by atoms with Crippen molar-refractivity contribution in [2.45, 2.75) is 32.2 Å². The average Bonchev–Trinajstić information content (AvgIpc) is 2.49.